The van der Waals surface area contributed by atoms with Crippen molar-refractivity contribution in [1.82, 2.24) is 9.97 Å². The second kappa shape index (κ2) is 7.33. The predicted octanol–water partition coefficient (Wildman–Crippen LogP) is 4.93. The number of alkyl halides is 3. The van der Waals surface area contributed by atoms with Crippen molar-refractivity contribution in [2.75, 3.05) is 11.9 Å². The molecule has 136 valence electrons. The average Bonchev–Trinajstić information content (AvgIpc) is 2.67. The summed E-state index contributed by atoms with van der Waals surface area (Å²) in [5, 5.41) is 9.22. The minimum Gasteiger partial charge on any atom is -0.438 e. The zero-order valence-corrected chi connectivity index (χ0v) is 14.1. The van der Waals surface area contributed by atoms with Gasteiger partial charge < -0.3 is 9.64 Å². The number of halogens is 3. The zero-order valence-electron chi connectivity index (χ0n) is 14.1. The van der Waals surface area contributed by atoms with Crippen molar-refractivity contribution in [3.63, 3.8) is 0 Å². The number of nitriles is 1. The van der Waals surface area contributed by atoms with Crippen LogP contribution in [0.5, 0.6) is 11.6 Å². The highest BCUT2D eigenvalue weighted by Crippen LogP contribution is 2.38. The third-order valence-electron chi connectivity index (χ3n) is 3.69. The monoisotopic (exact) mass is 370 g/mol. The molecule has 8 heteroatoms. The first kappa shape index (κ1) is 18.2. The minimum absolute atomic E-state index is 0.0309. The Morgan fingerprint density at radius 2 is 1.70 bits per heavy atom. The van der Waals surface area contributed by atoms with Gasteiger partial charge in [-0.3, -0.25) is 0 Å². The van der Waals surface area contributed by atoms with Gasteiger partial charge >= 0.3 is 6.18 Å². The Kier molecular flexibility index (Phi) is 4.94. The minimum atomic E-state index is -4.67. The first-order chi connectivity index (χ1) is 12.9. The molecule has 0 aliphatic carbocycles. The van der Waals surface area contributed by atoms with Crippen LogP contribution in [0, 0.1) is 11.3 Å². The van der Waals surface area contributed by atoms with E-state index in [1.165, 1.54) is 17.0 Å². The summed E-state index contributed by atoms with van der Waals surface area (Å²) < 4.78 is 45.3. The van der Waals surface area contributed by atoms with Crippen LogP contribution in [0.3, 0.4) is 0 Å². The number of hydrogen-bond donors (Lipinski definition) is 0. The van der Waals surface area contributed by atoms with E-state index in [1.807, 2.05) is 6.07 Å². The number of rotatable bonds is 4. The summed E-state index contributed by atoms with van der Waals surface area (Å²) in [5.41, 5.74) is -0.281. The zero-order chi connectivity index (χ0) is 19.4. The summed E-state index contributed by atoms with van der Waals surface area (Å²) in [5.74, 6) is -0.427. The fraction of sp³-hybridized carbons (Fsp3) is 0.105. The van der Waals surface area contributed by atoms with E-state index in [2.05, 4.69) is 9.97 Å². The van der Waals surface area contributed by atoms with Crippen molar-refractivity contribution in [3.05, 3.63) is 71.9 Å². The molecule has 0 unspecified atom stereocenters. The third kappa shape index (κ3) is 3.98. The molecule has 0 aliphatic heterocycles. The van der Waals surface area contributed by atoms with Gasteiger partial charge in [0.1, 0.15) is 17.4 Å². The molecule has 5 nitrogen and oxygen atoms in total. The van der Waals surface area contributed by atoms with Crippen LogP contribution in [0.1, 0.15) is 11.1 Å². The lowest BCUT2D eigenvalue weighted by Gasteiger charge is -2.20. The van der Waals surface area contributed by atoms with Gasteiger partial charge in [0.2, 0.25) is 11.8 Å². The van der Waals surface area contributed by atoms with Gasteiger partial charge in [-0.15, -0.1) is 0 Å². The van der Waals surface area contributed by atoms with Crippen LogP contribution in [0.25, 0.3) is 0 Å². The van der Waals surface area contributed by atoms with Gasteiger partial charge in [0.05, 0.1) is 11.3 Å². The Labute approximate surface area is 153 Å². The second-order valence-electron chi connectivity index (χ2n) is 5.49. The molecule has 0 atom stereocenters. The van der Waals surface area contributed by atoms with E-state index in [4.69, 9.17) is 4.74 Å². The van der Waals surface area contributed by atoms with Crippen molar-refractivity contribution in [2.24, 2.45) is 0 Å². The van der Waals surface area contributed by atoms with Crippen LogP contribution in [-0.2, 0) is 6.18 Å². The molecule has 27 heavy (non-hydrogen) atoms. The fourth-order valence-corrected chi connectivity index (χ4v) is 2.36. The van der Waals surface area contributed by atoms with E-state index >= 15 is 0 Å². The van der Waals surface area contributed by atoms with Crippen LogP contribution in [0.4, 0.5) is 24.8 Å². The molecule has 0 radical (unpaired) electrons. The van der Waals surface area contributed by atoms with E-state index in [1.54, 1.807) is 49.5 Å². The Bertz CT molecular complexity index is 984. The van der Waals surface area contributed by atoms with Crippen molar-refractivity contribution >= 4 is 11.6 Å². The number of anilines is 2. The standard InChI is InChI=1S/C19H13F3N4O/c1-26(16-10-6-5-7-13(16)11-23)18-24-12-15(19(20,21)22)17(25-18)27-14-8-3-2-4-9-14/h2-10,12H,1H3. The number of hydrogen-bond acceptors (Lipinski definition) is 5. The molecular weight excluding hydrogens is 357 g/mol. The van der Waals surface area contributed by atoms with Gasteiger partial charge in [0, 0.05) is 13.2 Å². The molecule has 0 spiro atoms. The molecule has 1 aromatic heterocycles. The van der Waals surface area contributed by atoms with E-state index in [9.17, 15) is 18.4 Å². The van der Waals surface area contributed by atoms with Crippen LogP contribution < -0.4 is 9.64 Å². The van der Waals surface area contributed by atoms with Gasteiger partial charge in [-0.1, -0.05) is 30.3 Å². The summed E-state index contributed by atoms with van der Waals surface area (Å²) >= 11 is 0. The predicted molar refractivity (Wildman–Crippen MR) is 92.8 cm³/mol. The molecule has 3 rings (SSSR count). The first-order valence-corrected chi connectivity index (χ1v) is 7.80. The molecule has 2 aromatic carbocycles. The normalized spacial score (nSPS) is 10.9. The van der Waals surface area contributed by atoms with Crippen LogP contribution in [0.2, 0.25) is 0 Å². The molecule has 3 aromatic rings. The maximum absolute atomic E-state index is 13.3. The maximum Gasteiger partial charge on any atom is 0.423 e. The summed E-state index contributed by atoms with van der Waals surface area (Å²) in [4.78, 5) is 9.18. The fourth-order valence-electron chi connectivity index (χ4n) is 2.36. The molecule has 0 aliphatic rings. The van der Waals surface area contributed by atoms with Gasteiger partial charge in [-0.2, -0.15) is 23.4 Å². The smallest absolute Gasteiger partial charge is 0.423 e. The Morgan fingerprint density at radius 1 is 1.04 bits per heavy atom. The van der Waals surface area contributed by atoms with Crippen LogP contribution in [0.15, 0.2) is 60.8 Å². The van der Waals surface area contributed by atoms with Gasteiger partial charge in [0.25, 0.3) is 0 Å². The number of aromatic nitrogens is 2. The van der Waals surface area contributed by atoms with E-state index in [0.29, 0.717) is 17.4 Å². The Balaban J connectivity index is 2.05. The largest absolute Gasteiger partial charge is 0.438 e. The summed E-state index contributed by atoms with van der Waals surface area (Å²) in [6, 6.07) is 16.7. The van der Waals surface area contributed by atoms with Gasteiger partial charge in [-0.05, 0) is 24.3 Å². The highest BCUT2D eigenvalue weighted by molar-refractivity contribution is 5.65. The number of ether oxygens (including phenoxy) is 1. The average molecular weight is 370 g/mol. The van der Waals surface area contributed by atoms with Gasteiger partial charge in [0.15, 0.2) is 0 Å². The number of nitrogens with zero attached hydrogens (tertiary/aromatic N) is 4. The molecule has 0 saturated heterocycles. The summed E-state index contributed by atoms with van der Waals surface area (Å²) in [6.07, 6.45) is -4.00. The SMILES string of the molecule is CN(c1ncc(C(F)(F)F)c(Oc2ccccc2)n1)c1ccccc1C#N. The Morgan fingerprint density at radius 3 is 2.37 bits per heavy atom. The number of para-hydroxylation sites is 2. The lowest BCUT2D eigenvalue weighted by molar-refractivity contribution is -0.139. The molecule has 1 heterocycles. The second-order valence-corrected chi connectivity index (χ2v) is 5.49. The first-order valence-electron chi connectivity index (χ1n) is 7.80. The van der Waals surface area contributed by atoms with E-state index < -0.39 is 17.6 Å². The topological polar surface area (TPSA) is 62.0 Å². The van der Waals surface area contributed by atoms with Crippen LogP contribution in [-0.4, -0.2) is 17.0 Å². The molecule has 0 bridgehead atoms. The van der Waals surface area contributed by atoms with Crippen molar-refractivity contribution in [1.29, 1.82) is 5.26 Å². The Hall–Kier alpha value is -3.60. The van der Waals surface area contributed by atoms with Crippen LogP contribution >= 0.6 is 0 Å². The quantitative estimate of drug-likeness (QED) is 0.652. The molecule has 0 amide bonds. The van der Waals surface area contributed by atoms with Crippen molar-refractivity contribution in [2.45, 2.75) is 6.18 Å². The molecule has 0 fully saturated rings. The molecular formula is C19H13F3N4O. The number of benzene rings is 2. The lowest BCUT2D eigenvalue weighted by atomic mass is 10.2. The van der Waals surface area contributed by atoms with E-state index in [-0.39, 0.29) is 11.7 Å². The van der Waals surface area contributed by atoms with Crippen molar-refractivity contribution < 1.29 is 17.9 Å². The lowest BCUT2D eigenvalue weighted by Crippen LogP contribution is -2.17. The van der Waals surface area contributed by atoms with Crippen molar-refractivity contribution in [3.8, 4) is 17.7 Å². The third-order valence-corrected chi connectivity index (χ3v) is 3.69. The highest BCUT2D eigenvalue weighted by atomic mass is 19.4. The van der Waals surface area contributed by atoms with E-state index in [0.717, 1.165) is 0 Å². The highest BCUT2D eigenvalue weighted by Gasteiger charge is 2.36. The summed E-state index contributed by atoms with van der Waals surface area (Å²) in [6.45, 7) is 0. The molecule has 0 N–H and O–H groups in total. The maximum atomic E-state index is 13.3. The summed E-state index contributed by atoms with van der Waals surface area (Å²) in [7, 11) is 1.56. The van der Waals surface area contributed by atoms with Gasteiger partial charge in [-0.25, -0.2) is 4.98 Å². The molecule has 0 saturated carbocycles.